The third kappa shape index (κ3) is 9.28. The number of hydrogen-bond donors (Lipinski definition) is 1. The Morgan fingerprint density at radius 1 is 1.02 bits per heavy atom. The molecule has 4 rings (SSSR count). The summed E-state index contributed by atoms with van der Waals surface area (Å²) in [6.07, 6.45) is 13.2. The number of carboxylic acids is 1. The molecule has 43 heavy (non-hydrogen) atoms. The van der Waals surface area contributed by atoms with E-state index in [0.717, 1.165) is 91.6 Å². The van der Waals surface area contributed by atoms with Gasteiger partial charge in [-0.25, -0.2) is 4.68 Å². The van der Waals surface area contributed by atoms with E-state index in [4.69, 9.17) is 27.2 Å². The van der Waals surface area contributed by atoms with Crippen molar-refractivity contribution in [3.05, 3.63) is 70.8 Å². The van der Waals surface area contributed by atoms with Crippen LogP contribution in [0.2, 0.25) is 0 Å². The van der Waals surface area contributed by atoms with E-state index in [2.05, 4.69) is 13.0 Å². The lowest BCUT2D eigenvalue weighted by Gasteiger charge is -2.14. The van der Waals surface area contributed by atoms with Gasteiger partial charge >= 0.3 is 5.97 Å². The quantitative estimate of drug-likeness (QED) is 0.0922. The number of hydrogen-bond acceptors (Lipinski definition) is 6. The molecule has 0 aliphatic carbocycles. The molecule has 228 valence electrons. The summed E-state index contributed by atoms with van der Waals surface area (Å²) in [6, 6.07) is 16.0. The number of para-hydroxylation sites is 1. The molecule has 1 aliphatic rings. The van der Waals surface area contributed by atoms with Crippen molar-refractivity contribution in [3.8, 4) is 22.7 Å². The van der Waals surface area contributed by atoms with Gasteiger partial charge in [-0.05, 0) is 68.2 Å². The third-order valence-electron chi connectivity index (χ3n) is 7.36. The number of carbonyl (C=O) groups excluding carboxylic acids is 1. The fourth-order valence-electron chi connectivity index (χ4n) is 5.04. The molecule has 2 aromatic carbocycles. The Morgan fingerprint density at radius 2 is 1.72 bits per heavy atom. The maximum absolute atomic E-state index is 13.4. The second kappa shape index (κ2) is 16.4. The van der Waals surface area contributed by atoms with Crippen molar-refractivity contribution in [1.29, 1.82) is 0 Å². The second-order valence-corrected chi connectivity index (χ2v) is 12.5. The molecular formula is C34H41N3O4S2. The Balaban J connectivity index is 1.42. The first-order valence-electron chi connectivity index (χ1n) is 15.2. The van der Waals surface area contributed by atoms with E-state index in [1.807, 2.05) is 66.3 Å². The summed E-state index contributed by atoms with van der Waals surface area (Å²) in [5, 5.41) is 13.7. The zero-order chi connectivity index (χ0) is 30.6. The highest BCUT2D eigenvalue weighted by Gasteiger charge is 2.32. The molecule has 0 radical (unpaired) electrons. The van der Waals surface area contributed by atoms with Crippen LogP contribution in [-0.2, 0) is 9.59 Å². The minimum atomic E-state index is -0.716. The average Bonchev–Trinajstić information content (AvgIpc) is 3.53. The predicted octanol–water partition coefficient (Wildman–Crippen LogP) is 8.43. The first kappa shape index (κ1) is 32.5. The van der Waals surface area contributed by atoms with Crippen LogP contribution in [0.5, 0.6) is 5.75 Å². The summed E-state index contributed by atoms with van der Waals surface area (Å²) >= 11 is 6.97. The van der Waals surface area contributed by atoms with Crippen molar-refractivity contribution in [2.45, 2.75) is 78.1 Å². The highest BCUT2D eigenvalue weighted by molar-refractivity contribution is 8.26. The number of nitrogens with zero attached hydrogens (tertiary/aromatic N) is 3. The van der Waals surface area contributed by atoms with Crippen molar-refractivity contribution in [2.75, 3.05) is 13.2 Å². The van der Waals surface area contributed by atoms with Crippen molar-refractivity contribution in [1.82, 2.24) is 14.7 Å². The van der Waals surface area contributed by atoms with Gasteiger partial charge in [-0.3, -0.25) is 14.5 Å². The topological polar surface area (TPSA) is 84.7 Å². The number of thioether (sulfide) groups is 1. The molecule has 1 amide bonds. The lowest BCUT2D eigenvalue weighted by Crippen LogP contribution is -2.29. The molecule has 0 unspecified atom stereocenters. The molecule has 7 nitrogen and oxygen atoms in total. The Bertz CT molecular complexity index is 1430. The van der Waals surface area contributed by atoms with Crippen molar-refractivity contribution in [3.63, 3.8) is 0 Å². The number of aliphatic carboxylic acids is 1. The van der Waals surface area contributed by atoms with E-state index in [1.54, 1.807) is 4.90 Å². The van der Waals surface area contributed by atoms with E-state index >= 15 is 0 Å². The number of unbranched alkanes of at least 4 members (excludes halogenated alkanes) is 7. The Labute approximate surface area is 264 Å². The molecule has 2 heterocycles. The summed E-state index contributed by atoms with van der Waals surface area (Å²) < 4.78 is 8.33. The summed E-state index contributed by atoms with van der Waals surface area (Å²) in [4.78, 5) is 26.4. The highest BCUT2D eigenvalue weighted by atomic mass is 32.2. The lowest BCUT2D eigenvalue weighted by atomic mass is 10.0. The van der Waals surface area contributed by atoms with Crippen molar-refractivity contribution in [2.24, 2.45) is 0 Å². The molecular weight excluding hydrogens is 579 g/mol. The standard InChI is InChI=1S/C34H41N3O4S2/c1-3-21-41-29-19-18-26(22-25(29)2)32-27(24-37(35-32)28-15-11-10-12-16-28)23-30-33(40)36(34(42)43-30)20-14-9-7-5-4-6-8-13-17-31(38)39/h10-12,15-16,18-19,22-24H,3-9,13-14,17,20-21H2,1-2H3,(H,38,39). The second-order valence-electron chi connectivity index (χ2n) is 10.8. The molecule has 0 atom stereocenters. The van der Waals surface area contributed by atoms with Gasteiger partial charge in [-0.1, -0.05) is 87.6 Å². The van der Waals surface area contributed by atoms with Gasteiger partial charge in [0.2, 0.25) is 0 Å². The van der Waals surface area contributed by atoms with Crippen LogP contribution in [0, 0.1) is 6.92 Å². The number of amides is 1. The van der Waals surface area contributed by atoms with E-state index in [1.165, 1.54) is 11.8 Å². The fourth-order valence-corrected chi connectivity index (χ4v) is 6.34. The maximum atomic E-state index is 13.4. The van der Waals surface area contributed by atoms with Gasteiger partial charge in [0.1, 0.15) is 15.8 Å². The van der Waals surface area contributed by atoms with E-state index < -0.39 is 5.97 Å². The fraction of sp³-hybridized carbons (Fsp3) is 0.412. The molecule has 0 spiro atoms. The largest absolute Gasteiger partial charge is 0.493 e. The summed E-state index contributed by atoms with van der Waals surface area (Å²) in [7, 11) is 0. The van der Waals surface area contributed by atoms with Gasteiger partial charge < -0.3 is 9.84 Å². The van der Waals surface area contributed by atoms with Crippen LogP contribution >= 0.6 is 24.0 Å². The van der Waals surface area contributed by atoms with E-state index in [-0.39, 0.29) is 12.3 Å². The van der Waals surface area contributed by atoms with Crippen LogP contribution < -0.4 is 4.74 Å². The zero-order valence-electron chi connectivity index (χ0n) is 25.1. The van der Waals surface area contributed by atoms with Crippen LogP contribution in [0.1, 0.15) is 82.3 Å². The number of thiocarbonyl (C=S) groups is 1. The zero-order valence-corrected chi connectivity index (χ0v) is 26.7. The van der Waals surface area contributed by atoms with Gasteiger partial charge in [0, 0.05) is 30.3 Å². The molecule has 1 N–H and O–H groups in total. The number of ether oxygens (including phenoxy) is 1. The van der Waals surface area contributed by atoms with E-state index in [9.17, 15) is 9.59 Å². The third-order valence-corrected chi connectivity index (χ3v) is 8.73. The number of benzene rings is 2. The smallest absolute Gasteiger partial charge is 0.303 e. The molecule has 1 aliphatic heterocycles. The number of carboxylic acid groups (broad SMARTS) is 1. The van der Waals surface area contributed by atoms with Gasteiger partial charge in [-0.2, -0.15) is 5.10 Å². The van der Waals surface area contributed by atoms with Gasteiger partial charge in [0.05, 0.1) is 17.2 Å². The van der Waals surface area contributed by atoms with Crippen LogP contribution in [-0.4, -0.2) is 49.1 Å². The average molecular weight is 620 g/mol. The van der Waals surface area contributed by atoms with E-state index in [0.29, 0.717) is 22.4 Å². The molecule has 3 aromatic rings. The Morgan fingerprint density at radius 3 is 2.40 bits per heavy atom. The van der Waals surface area contributed by atoms with Gasteiger partial charge in [-0.15, -0.1) is 0 Å². The summed E-state index contributed by atoms with van der Waals surface area (Å²) in [5.41, 5.74) is 4.59. The number of carbonyl (C=O) groups is 2. The number of rotatable bonds is 17. The van der Waals surface area contributed by atoms with Gasteiger partial charge in [0.15, 0.2) is 0 Å². The maximum Gasteiger partial charge on any atom is 0.303 e. The monoisotopic (exact) mass is 619 g/mol. The summed E-state index contributed by atoms with van der Waals surface area (Å²) in [6.45, 7) is 5.42. The Hall–Kier alpha value is -3.43. The first-order chi connectivity index (χ1) is 20.9. The molecule has 9 heteroatoms. The van der Waals surface area contributed by atoms with Gasteiger partial charge in [0.25, 0.3) is 5.91 Å². The normalized spacial score (nSPS) is 14.2. The summed E-state index contributed by atoms with van der Waals surface area (Å²) in [5.74, 6) is 0.101. The first-order valence-corrected chi connectivity index (χ1v) is 16.5. The predicted molar refractivity (Wildman–Crippen MR) is 179 cm³/mol. The Kier molecular flexibility index (Phi) is 12.4. The van der Waals surface area contributed by atoms with Crippen LogP contribution in [0.15, 0.2) is 59.6 Å². The minimum absolute atomic E-state index is 0.0497. The van der Waals surface area contributed by atoms with Crippen molar-refractivity contribution >= 4 is 46.3 Å². The molecule has 1 fully saturated rings. The van der Waals surface area contributed by atoms with Crippen molar-refractivity contribution < 1.29 is 19.4 Å². The van der Waals surface area contributed by atoms with Crippen LogP contribution in [0.25, 0.3) is 23.0 Å². The molecule has 1 saturated heterocycles. The van der Waals surface area contributed by atoms with Crippen LogP contribution in [0.3, 0.4) is 0 Å². The number of aromatic nitrogens is 2. The number of aryl methyl sites for hydroxylation is 1. The lowest BCUT2D eigenvalue weighted by molar-refractivity contribution is -0.137. The highest BCUT2D eigenvalue weighted by Crippen LogP contribution is 2.36. The molecule has 1 aromatic heterocycles. The molecule has 0 bridgehead atoms. The molecule has 0 saturated carbocycles. The van der Waals surface area contributed by atoms with Crippen LogP contribution in [0.4, 0.5) is 0 Å². The SMILES string of the molecule is CCCOc1ccc(-c2nn(-c3ccccc3)cc2C=C2SC(=S)N(CCCCCCCCCCC(=O)O)C2=O)cc1C. The minimum Gasteiger partial charge on any atom is -0.493 e.